The number of furan rings is 1. The van der Waals surface area contributed by atoms with E-state index in [-0.39, 0.29) is 0 Å². The Bertz CT molecular complexity index is 617. The highest BCUT2D eigenvalue weighted by Gasteiger charge is 2.41. The summed E-state index contributed by atoms with van der Waals surface area (Å²) in [7, 11) is 0. The topological polar surface area (TPSA) is 47.7 Å². The SMILES string of the molecule is c1coc(CN2CCO[C@@H]3C[C@H](COCc4ccncc4)C[C@@H]32)c1. The van der Waals surface area contributed by atoms with Crippen LogP contribution in [0, 0.1) is 5.92 Å². The standard InChI is InChI=1S/C19H24N2O3/c1-2-17(23-8-1)12-21-7-9-24-19-11-16(10-18(19)21)14-22-13-15-3-5-20-6-4-15/h1-6,8,16,18-19H,7,9-14H2/t16-,18+,19-/m1/s1. The van der Waals surface area contributed by atoms with E-state index in [2.05, 4.69) is 16.0 Å². The monoisotopic (exact) mass is 328 g/mol. The first-order chi connectivity index (χ1) is 11.9. The van der Waals surface area contributed by atoms with Gasteiger partial charge in [0.05, 0.1) is 32.1 Å². The molecule has 1 aliphatic heterocycles. The van der Waals surface area contributed by atoms with E-state index >= 15 is 0 Å². The lowest BCUT2D eigenvalue weighted by atomic mass is 10.1. The van der Waals surface area contributed by atoms with Crippen LogP contribution in [-0.2, 0) is 22.6 Å². The minimum Gasteiger partial charge on any atom is -0.468 e. The molecule has 0 N–H and O–H groups in total. The zero-order valence-corrected chi connectivity index (χ0v) is 13.8. The van der Waals surface area contributed by atoms with Gasteiger partial charge in [-0.2, -0.15) is 0 Å². The first-order valence-electron chi connectivity index (χ1n) is 8.73. The Morgan fingerprint density at radius 2 is 2.12 bits per heavy atom. The van der Waals surface area contributed by atoms with E-state index in [0.717, 1.165) is 44.9 Å². The van der Waals surface area contributed by atoms with Crippen LogP contribution in [-0.4, -0.2) is 41.8 Å². The summed E-state index contributed by atoms with van der Waals surface area (Å²) in [5.41, 5.74) is 1.18. The number of morpholine rings is 1. The molecule has 4 rings (SSSR count). The Labute approximate surface area is 142 Å². The summed E-state index contributed by atoms with van der Waals surface area (Å²) in [5.74, 6) is 1.60. The number of ether oxygens (including phenoxy) is 2. The summed E-state index contributed by atoms with van der Waals surface area (Å²) in [6.45, 7) is 4.12. The van der Waals surface area contributed by atoms with E-state index in [0.29, 0.717) is 24.7 Å². The fourth-order valence-corrected chi connectivity index (χ4v) is 3.88. The van der Waals surface area contributed by atoms with Crippen molar-refractivity contribution in [3.05, 3.63) is 54.2 Å². The minimum absolute atomic E-state index is 0.336. The molecule has 3 atom stereocenters. The third kappa shape index (κ3) is 3.69. The van der Waals surface area contributed by atoms with Gasteiger partial charge in [-0.15, -0.1) is 0 Å². The number of nitrogens with zero attached hydrogens (tertiary/aromatic N) is 2. The predicted molar refractivity (Wildman–Crippen MR) is 89.3 cm³/mol. The van der Waals surface area contributed by atoms with Crippen LogP contribution in [0.15, 0.2) is 47.3 Å². The molecule has 2 fully saturated rings. The van der Waals surface area contributed by atoms with Crippen LogP contribution in [0.5, 0.6) is 0 Å². The average Bonchev–Trinajstić information content (AvgIpc) is 3.26. The van der Waals surface area contributed by atoms with Gasteiger partial charge in [0.2, 0.25) is 0 Å². The predicted octanol–water partition coefficient (Wildman–Crippen LogP) is 2.87. The number of hydrogen-bond donors (Lipinski definition) is 0. The highest BCUT2D eigenvalue weighted by atomic mass is 16.5. The maximum atomic E-state index is 6.01. The molecule has 2 aliphatic rings. The second-order valence-corrected chi connectivity index (χ2v) is 6.73. The molecule has 1 saturated carbocycles. The second kappa shape index (κ2) is 7.47. The van der Waals surface area contributed by atoms with Crippen molar-refractivity contribution in [2.24, 2.45) is 5.92 Å². The highest BCUT2D eigenvalue weighted by molar-refractivity contribution is 5.08. The van der Waals surface area contributed by atoms with Gasteiger partial charge in [-0.25, -0.2) is 0 Å². The molecule has 0 amide bonds. The van der Waals surface area contributed by atoms with Crippen LogP contribution in [0.4, 0.5) is 0 Å². The normalized spacial score (nSPS) is 27.2. The zero-order valence-electron chi connectivity index (χ0n) is 13.8. The van der Waals surface area contributed by atoms with Crippen molar-refractivity contribution in [3.63, 3.8) is 0 Å². The fourth-order valence-electron chi connectivity index (χ4n) is 3.88. The summed E-state index contributed by atoms with van der Waals surface area (Å²) >= 11 is 0. The maximum absolute atomic E-state index is 6.01. The van der Waals surface area contributed by atoms with Gasteiger partial charge in [-0.05, 0) is 48.6 Å². The van der Waals surface area contributed by atoms with Crippen molar-refractivity contribution in [2.75, 3.05) is 19.8 Å². The van der Waals surface area contributed by atoms with Gasteiger partial charge in [-0.3, -0.25) is 9.88 Å². The van der Waals surface area contributed by atoms with E-state index in [4.69, 9.17) is 13.9 Å². The van der Waals surface area contributed by atoms with Gasteiger partial charge in [0, 0.05) is 31.6 Å². The summed E-state index contributed by atoms with van der Waals surface area (Å²) < 4.78 is 17.5. The van der Waals surface area contributed by atoms with Crippen molar-refractivity contribution in [1.29, 1.82) is 0 Å². The van der Waals surface area contributed by atoms with Gasteiger partial charge >= 0.3 is 0 Å². The second-order valence-electron chi connectivity index (χ2n) is 6.73. The largest absolute Gasteiger partial charge is 0.468 e. The van der Waals surface area contributed by atoms with Crippen LogP contribution in [0.3, 0.4) is 0 Å². The lowest BCUT2D eigenvalue weighted by Crippen LogP contribution is -2.47. The molecule has 1 saturated heterocycles. The van der Waals surface area contributed by atoms with E-state index < -0.39 is 0 Å². The first-order valence-corrected chi connectivity index (χ1v) is 8.73. The number of aromatic nitrogens is 1. The minimum atomic E-state index is 0.336. The Kier molecular flexibility index (Phi) is 4.92. The zero-order chi connectivity index (χ0) is 16.2. The van der Waals surface area contributed by atoms with Gasteiger partial charge < -0.3 is 13.9 Å². The maximum Gasteiger partial charge on any atom is 0.117 e. The first kappa shape index (κ1) is 15.8. The van der Waals surface area contributed by atoms with E-state index in [1.54, 1.807) is 6.26 Å². The Morgan fingerprint density at radius 3 is 2.96 bits per heavy atom. The van der Waals surface area contributed by atoms with Crippen LogP contribution >= 0.6 is 0 Å². The van der Waals surface area contributed by atoms with Crippen molar-refractivity contribution in [3.8, 4) is 0 Å². The molecule has 0 bridgehead atoms. The van der Waals surface area contributed by atoms with Crippen molar-refractivity contribution in [1.82, 2.24) is 9.88 Å². The van der Waals surface area contributed by atoms with Crippen LogP contribution in [0.1, 0.15) is 24.2 Å². The fraction of sp³-hybridized carbons (Fsp3) is 0.526. The van der Waals surface area contributed by atoms with E-state index in [1.807, 2.05) is 30.6 Å². The smallest absolute Gasteiger partial charge is 0.117 e. The number of rotatable bonds is 6. The Balaban J connectivity index is 1.29. The van der Waals surface area contributed by atoms with Crippen molar-refractivity contribution in [2.45, 2.75) is 38.1 Å². The Hall–Kier alpha value is -1.69. The summed E-state index contributed by atoms with van der Waals surface area (Å²) in [6.07, 6.45) is 7.93. The van der Waals surface area contributed by atoms with Crippen molar-refractivity contribution < 1.29 is 13.9 Å². The molecule has 5 nitrogen and oxygen atoms in total. The third-order valence-electron chi connectivity index (χ3n) is 5.06. The molecule has 0 radical (unpaired) electrons. The molecule has 5 heteroatoms. The summed E-state index contributed by atoms with van der Waals surface area (Å²) in [5, 5.41) is 0. The van der Waals surface area contributed by atoms with Crippen molar-refractivity contribution >= 4 is 0 Å². The third-order valence-corrected chi connectivity index (χ3v) is 5.06. The molecular weight excluding hydrogens is 304 g/mol. The average molecular weight is 328 g/mol. The lowest BCUT2D eigenvalue weighted by molar-refractivity contribution is -0.0609. The molecular formula is C19H24N2O3. The molecule has 24 heavy (non-hydrogen) atoms. The van der Waals surface area contributed by atoms with E-state index in [1.165, 1.54) is 5.56 Å². The molecule has 0 aromatic carbocycles. The van der Waals surface area contributed by atoms with E-state index in [9.17, 15) is 0 Å². The summed E-state index contributed by atoms with van der Waals surface area (Å²) in [4.78, 5) is 6.54. The van der Waals surface area contributed by atoms with Crippen LogP contribution < -0.4 is 0 Å². The number of fused-ring (bicyclic) bond motifs is 1. The van der Waals surface area contributed by atoms with Gasteiger partial charge in [0.15, 0.2) is 0 Å². The molecule has 2 aromatic heterocycles. The Morgan fingerprint density at radius 1 is 1.21 bits per heavy atom. The number of pyridine rings is 1. The quantitative estimate of drug-likeness (QED) is 0.816. The lowest BCUT2D eigenvalue weighted by Gasteiger charge is -2.37. The number of hydrogen-bond acceptors (Lipinski definition) is 5. The molecule has 2 aromatic rings. The van der Waals surface area contributed by atoms with Crippen LogP contribution in [0.2, 0.25) is 0 Å². The van der Waals surface area contributed by atoms with Crippen LogP contribution in [0.25, 0.3) is 0 Å². The van der Waals surface area contributed by atoms with Gasteiger partial charge in [0.25, 0.3) is 0 Å². The summed E-state index contributed by atoms with van der Waals surface area (Å²) in [6, 6.07) is 8.50. The molecule has 3 heterocycles. The highest BCUT2D eigenvalue weighted by Crippen LogP contribution is 2.35. The van der Waals surface area contributed by atoms with Gasteiger partial charge in [0.1, 0.15) is 5.76 Å². The molecule has 0 spiro atoms. The molecule has 0 unspecified atom stereocenters. The van der Waals surface area contributed by atoms with Gasteiger partial charge in [-0.1, -0.05) is 0 Å². The molecule has 1 aliphatic carbocycles. The molecule has 128 valence electrons.